The van der Waals surface area contributed by atoms with Crippen LogP contribution in [-0.4, -0.2) is 16.1 Å². The molecule has 0 saturated carbocycles. The molecule has 0 radical (unpaired) electrons. The van der Waals surface area contributed by atoms with Gasteiger partial charge in [-0.25, -0.2) is 0 Å². The quantitative estimate of drug-likeness (QED) is 0.811. The summed E-state index contributed by atoms with van der Waals surface area (Å²) in [6.45, 7) is 9.88. The second-order valence-electron chi connectivity index (χ2n) is 6.36. The summed E-state index contributed by atoms with van der Waals surface area (Å²) in [7, 11) is 0. The van der Waals surface area contributed by atoms with Crippen LogP contribution in [0.4, 0.5) is 0 Å². The van der Waals surface area contributed by atoms with Crippen LogP contribution in [0.15, 0.2) is 17.5 Å². The van der Waals surface area contributed by atoms with E-state index >= 15 is 0 Å². The number of hydrogen-bond acceptors (Lipinski definition) is 5. The molecule has 0 spiro atoms. The smallest absolute Gasteiger partial charge is 0.0857 e. The van der Waals surface area contributed by atoms with Crippen molar-refractivity contribution in [2.45, 2.75) is 58.4 Å². The Bertz CT molecular complexity index is 526. The van der Waals surface area contributed by atoms with Crippen molar-refractivity contribution >= 4 is 22.9 Å². The molecular weight excluding hydrogens is 298 g/mol. The zero-order valence-corrected chi connectivity index (χ0v) is 15.0. The number of hydrogen-bond donors (Lipinski definition) is 1. The highest BCUT2D eigenvalue weighted by atomic mass is 32.1. The fourth-order valence-corrected chi connectivity index (χ4v) is 4.03. The molecule has 0 aliphatic heterocycles. The third kappa shape index (κ3) is 4.59. The summed E-state index contributed by atoms with van der Waals surface area (Å²) in [6.07, 6.45) is 3.36. The van der Waals surface area contributed by atoms with Crippen LogP contribution < -0.4 is 5.32 Å². The average Bonchev–Trinajstić information content (AvgIpc) is 3.09. The normalized spacial score (nSPS) is 13.5. The van der Waals surface area contributed by atoms with Crippen LogP contribution in [0.5, 0.6) is 0 Å². The van der Waals surface area contributed by atoms with Gasteiger partial charge in [-0.2, -0.15) is 0 Å². The molecule has 1 atom stereocenters. The van der Waals surface area contributed by atoms with Gasteiger partial charge in [0, 0.05) is 16.3 Å². The third-order valence-corrected chi connectivity index (χ3v) is 5.21. The zero-order chi connectivity index (χ0) is 15.3. The molecule has 116 valence electrons. The first-order valence-corrected chi connectivity index (χ1v) is 9.26. The van der Waals surface area contributed by atoms with Crippen LogP contribution in [0, 0.1) is 0 Å². The number of aromatic nitrogens is 2. The predicted octanol–water partition coefficient (Wildman–Crippen LogP) is 4.57. The van der Waals surface area contributed by atoms with Crippen LogP contribution in [0.25, 0.3) is 0 Å². The predicted molar refractivity (Wildman–Crippen MR) is 92.3 cm³/mol. The highest BCUT2D eigenvalue weighted by molar-refractivity contribution is 7.09. The Hall–Kier alpha value is -0.780. The molecular formula is C16H25N3S2. The molecule has 0 aromatic carbocycles. The Morgan fingerprint density at radius 1 is 1.33 bits per heavy atom. The van der Waals surface area contributed by atoms with E-state index in [-0.39, 0.29) is 5.41 Å². The summed E-state index contributed by atoms with van der Waals surface area (Å²) in [6, 6.07) is 4.71. The van der Waals surface area contributed by atoms with Gasteiger partial charge in [0.05, 0.1) is 10.6 Å². The maximum atomic E-state index is 4.39. The Morgan fingerprint density at radius 3 is 2.76 bits per heavy atom. The van der Waals surface area contributed by atoms with E-state index in [1.165, 1.54) is 9.75 Å². The fourth-order valence-electron chi connectivity index (χ4n) is 2.33. The summed E-state index contributed by atoms with van der Waals surface area (Å²) >= 11 is 3.39. The van der Waals surface area contributed by atoms with Gasteiger partial charge in [0.1, 0.15) is 0 Å². The van der Waals surface area contributed by atoms with E-state index in [2.05, 4.69) is 60.1 Å². The van der Waals surface area contributed by atoms with Gasteiger partial charge in [-0.15, -0.1) is 16.4 Å². The van der Waals surface area contributed by atoms with Gasteiger partial charge in [0.2, 0.25) is 0 Å². The Kier molecular flexibility index (Phi) is 5.90. The minimum atomic E-state index is 0.0530. The molecule has 1 N–H and O–H groups in total. The van der Waals surface area contributed by atoms with Crippen molar-refractivity contribution in [2.24, 2.45) is 0 Å². The summed E-state index contributed by atoms with van der Waals surface area (Å²) in [4.78, 5) is 2.76. The van der Waals surface area contributed by atoms with E-state index in [1.54, 1.807) is 11.5 Å². The molecule has 21 heavy (non-hydrogen) atoms. The van der Waals surface area contributed by atoms with Crippen molar-refractivity contribution in [1.29, 1.82) is 0 Å². The van der Waals surface area contributed by atoms with Crippen LogP contribution in [0.2, 0.25) is 0 Å². The Labute approximate surface area is 136 Å². The molecule has 2 heterocycles. The van der Waals surface area contributed by atoms with Crippen LogP contribution >= 0.6 is 22.9 Å². The molecule has 0 amide bonds. The third-order valence-electron chi connectivity index (χ3n) is 3.44. The van der Waals surface area contributed by atoms with Gasteiger partial charge in [0.15, 0.2) is 0 Å². The number of rotatable bonds is 7. The van der Waals surface area contributed by atoms with E-state index in [4.69, 9.17) is 0 Å². The van der Waals surface area contributed by atoms with Crippen molar-refractivity contribution < 1.29 is 0 Å². The second-order valence-corrected chi connectivity index (χ2v) is 8.18. The average molecular weight is 324 g/mol. The van der Waals surface area contributed by atoms with Crippen LogP contribution in [-0.2, 0) is 11.8 Å². The first-order valence-electron chi connectivity index (χ1n) is 7.61. The molecule has 0 aliphatic carbocycles. The zero-order valence-electron chi connectivity index (χ0n) is 13.3. The summed E-state index contributed by atoms with van der Waals surface area (Å²) < 4.78 is 4.22. The molecule has 3 nitrogen and oxygen atoms in total. The first-order chi connectivity index (χ1) is 10.0. The minimum absolute atomic E-state index is 0.0530. The molecule has 0 bridgehead atoms. The van der Waals surface area contributed by atoms with Crippen LogP contribution in [0.1, 0.15) is 62.0 Å². The molecule has 0 saturated heterocycles. The molecule has 5 heteroatoms. The summed E-state index contributed by atoms with van der Waals surface area (Å²) in [5.74, 6) is 0. The molecule has 2 aromatic rings. The van der Waals surface area contributed by atoms with E-state index in [0.717, 1.165) is 31.5 Å². The Balaban J connectivity index is 2.13. The summed E-state index contributed by atoms with van der Waals surface area (Å²) in [5, 5.41) is 10.2. The van der Waals surface area contributed by atoms with Gasteiger partial charge in [-0.05, 0) is 48.8 Å². The minimum Gasteiger partial charge on any atom is -0.309 e. The van der Waals surface area contributed by atoms with E-state index in [1.807, 2.05) is 11.3 Å². The van der Waals surface area contributed by atoms with Gasteiger partial charge in [0.25, 0.3) is 0 Å². The van der Waals surface area contributed by atoms with Crippen molar-refractivity contribution in [1.82, 2.24) is 14.9 Å². The van der Waals surface area contributed by atoms with Gasteiger partial charge in [-0.3, -0.25) is 0 Å². The summed E-state index contributed by atoms with van der Waals surface area (Å²) in [5.41, 5.74) is 1.20. The largest absolute Gasteiger partial charge is 0.309 e. The van der Waals surface area contributed by atoms with E-state index in [0.29, 0.717) is 6.04 Å². The fraction of sp³-hybridized carbons (Fsp3) is 0.625. The van der Waals surface area contributed by atoms with Gasteiger partial charge in [-0.1, -0.05) is 38.2 Å². The lowest BCUT2D eigenvalue weighted by Gasteiger charge is -2.22. The molecule has 2 aromatic heterocycles. The number of nitrogens with zero attached hydrogens (tertiary/aromatic N) is 2. The molecule has 0 fully saturated rings. The van der Waals surface area contributed by atoms with Crippen LogP contribution in [0.3, 0.4) is 0 Å². The maximum absolute atomic E-state index is 4.39. The molecule has 0 aliphatic rings. The van der Waals surface area contributed by atoms with Crippen molar-refractivity contribution in [3.8, 4) is 0 Å². The standard InChI is InChI=1S/C16H25N3S2/c1-5-10-17-13(9-8-12-7-6-11-20-12)14-15(16(2,3)4)18-19-21-14/h6-7,11,13,17H,5,8-10H2,1-4H3. The van der Waals surface area contributed by atoms with E-state index in [9.17, 15) is 0 Å². The maximum Gasteiger partial charge on any atom is 0.0857 e. The highest BCUT2D eigenvalue weighted by Crippen LogP contribution is 2.32. The van der Waals surface area contributed by atoms with Crippen molar-refractivity contribution in [2.75, 3.05) is 6.54 Å². The molecule has 2 rings (SSSR count). The van der Waals surface area contributed by atoms with Gasteiger partial charge >= 0.3 is 0 Å². The first kappa shape index (κ1) is 16.6. The number of aryl methyl sites for hydroxylation is 1. The lowest BCUT2D eigenvalue weighted by Crippen LogP contribution is -2.25. The monoisotopic (exact) mass is 323 g/mol. The lowest BCUT2D eigenvalue weighted by molar-refractivity contribution is 0.484. The second kappa shape index (κ2) is 7.47. The van der Waals surface area contributed by atoms with Crippen molar-refractivity contribution in [3.63, 3.8) is 0 Å². The number of thiophene rings is 1. The SMILES string of the molecule is CCCNC(CCc1cccs1)c1snnc1C(C)(C)C. The van der Waals surface area contributed by atoms with Crippen molar-refractivity contribution in [3.05, 3.63) is 33.0 Å². The number of nitrogens with one attached hydrogen (secondary N) is 1. The van der Waals surface area contributed by atoms with Gasteiger partial charge < -0.3 is 5.32 Å². The lowest BCUT2D eigenvalue weighted by atomic mass is 9.89. The highest BCUT2D eigenvalue weighted by Gasteiger charge is 2.26. The molecule has 1 unspecified atom stereocenters. The van der Waals surface area contributed by atoms with E-state index < -0.39 is 0 Å². The topological polar surface area (TPSA) is 37.8 Å². The Morgan fingerprint density at radius 2 is 2.14 bits per heavy atom.